The summed E-state index contributed by atoms with van der Waals surface area (Å²) in [4.78, 5) is 27.8. The van der Waals surface area contributed by atoms with Crippen LogP contribution in [0.3, 0.4) is 0 Å². The first-order chi connectivity index (χ1) is 16.2. The summed E-state index contributed by atoms with van der Waals surface area (Å²) in [5.41, 5.74) is 3.58. The summed E-state index contributed by atoms with van der Waals surface area (Å²) in [5.74, 6) is 1.24. The zero-order valence-corrected chi connectivity index (χ0v) is 18.6. The van der Waals surface area contributed by atoms with Crippen LogP contribution in [0.25, 0.3) is 11.1 Å². The van der Waals surface area contributed by atoms with Gasteiger partial charge in [-0.3, -0.25) is 9.59 Å². The second kappa shape index (κ2) is 9.49. The van der Waals surface area contributed by atoms with Crippen LogP contribution in [0.1, 0.15) is 29.6 Å². The van der Waals surface area contributed by atoms with Gasteiger partial charge in [-0.05, 0) is 60.1 Å². The minimum Gasteiger partial charge on any atom is -0.491 e. The Morgan fingerprint density at radius 3 is 2.42 bits per heavy atom. The molecule has 2 aliphatic heterocycles. The third-order valence-corrected chi connectivity index (χ3v) is 6.75. The van der Waals surface area contributed by atoms with E-state index in [4.69, 9.17) is 4.74 Å². The van der Waals surface area contributed by atoms with Crippen molar-refractivity contribution in [3.05, 3.63) is 84.4 Å². The largest absolute Gasteiger partial charge is 0.491 e. The maximum Gasteiger partial charge on any atom is 0.253 e. The normalized spacial score (nSPS) is 20.6. The summed E-state index contributed by atoms with van der Waals surface area (Å²) in [6, 6.07) is 25.5. The molecule has 0 spiro atoms. The van der Waals surface area contributed by atoms with Crippen LogP contribution in [0.15, 0.2) is 78.9 Å². The number of rotatable bonds is 2. The molecule has 0 radical (unpaired) electrons. The van der Waals surface area contributed by atoms with E-state index < -0.39 is 0 Å². The average Bonchev–Trinajstić information content (AvgIpc) is 2.86. The summed E-state index contributed by atoms with van der Waals surface area (Å²) in [6.07, 6.45) is 2.11. The molecule has 2 atom stereocenters. The van der Waals surface area contributed by atoms with Crippen LogP contribution in [0.5, 0.6) is 5.75 Å². The highest BCUT2D eigenvalue weighted by Crippen LogP contribution is 2.35. The maximum atomic E-state index is 13.0. The van der Waals surface area contributed by atoms with Gasteiger partial charge in [0.15, 0.2) is 0 Å². The lowest BCUT2D eigenvalue weighted by molar-refractivity contribution is -0.118. The van der Waals surface area contributed by atoms with Gasteiger partial charge >= 0.3 is 0 Å². The highest BCUT2D eigenvalue weighted by Gasteiger charge is 2.33. The fraction of sp³-hybridized carbons (Fsp3) is 0.286. The molecule has 0 saturated carbocycles. The van der Waals surface area contributed by atoms with Crippen molar-refractivity contribution >= 4 is 17.5 Å². The first-order valence-electron chi connectivity index (χ1n) is 11.6. The van der Waals surface area contributed by atoms with Crippen molar-refractivity contribution < 1.29 is 14.3 Å². The van der Waals surface area contributed by atoms with E-state index in [1.165, 1.54) is 0 Å². The predicted octanol–water partition coefficient (Wildman–Crippen LogP) is 5.24. The van der Waals surface area contributed by atoms with E-state index in [9.17, 15) is 9.59 Å². The van der Waals surface area contributed by atoms with Gasteiger partial charge in [0, 0.05) is 25.1 Å². The lowest BCUT2D eigenvalue weighted by atomic mass is 9.80. The number of hydrogen-bond donors (Lipinski definition) is 1. The monoisotopic (exact) mass is 440 g/mol. The Kier molecular flexibility index (Phi) is 6.11. The quantitative estimate of drug-likeness (QED) is 0.593. The van der Waals surface area contributed by atoms with Crippen LogP contribution >= 0.6 is 0 Å². The summed E-state index contributed by atoms with van der Waals surface area (Å²) in [5, 5.41) is 3.09. The third-order valence-electron chi connectivity index (χ3n) is 6.75. The smallest absolute Gasteiger partial charge is 0.253 e. The van der Waals surface area contributed by atoms with Gasteiger partial charge in [-0.1, -0.05) is 54.6 Å². The number of nitrogens with zero attached hydrogens (tertiary/aromatic N) is 1. The SMILES string of the molecule is O=C1C[C@@H]2CCN(C(=O)c3ccccc3)C[C@@H]2CCOc2ccc(-c3ccccc3)cc2N1. The molecule has 1 N–H and O–H groups in total. The Bertz CT molecular complexity index is 1130. The van der Waals surface area contributed by atoms with Crippen LogP contribution in [-0.4, -0.2) is 36.4 Å². The van der Waals surface area contributed by atoms with Gasteiger partial charge in [-0.25, -0.2) is 0 Å². The molecule has 33 heavy (non-hydrogen) atoms. The molecule has 5 heteroatoms. The van der Waals surface area contributed by atoms with Crippen LogP contribution < -0.4 is 10.1 Å². The van der Waals surface area contributed by atoms with Gasteiger partial charge in [-0.15, -0.1) is 0 Å². The number of nitrogens with one attached hydrogen (secondary N) is 1. The van der Waals surface area contributed by atoms with Crippen LogP contribution in [0.4, 0.5) is 5.69 Å². The number of piperidine rings is 1. The van der Waals surface area contributed by atoms with Gasteiger partial charge in [0.2, 0.25) is 5.91 Å². The van der Waals surface area contributed by atoms with Crippen molar-refractivity contribution in [2.24, 2.45) is 11.8 Å². The molecule has 2 heterocycles. The molecule has 1 saturated heterocycles. The van der Waals surface area contributed by atoms with E-state index in [0.29, 0.717) is 37.4 Å². The number of amides is 2. The van der Waals surface area contributed by atoms with E-state index in [2.05, 4.69) is 17.4 Å². The van der Waals surface area contributed by atoms with Crippen molar-refractivity contribution in [3.8, 4) is 16.9 Å². The zero-order valence-electron chi connectivity index (χ0n) is 18.6. The number of carbonyl (C=O) groups excluding carboxylic acids is 2. The lowest BCUT2D eigenvalue weighted by Gasteiger charge is -2.39. The van der Waals surface area contributed by atoms with Crippen molar-refractivity contribution in [2.75, 3.05) is 25.0 Å². The second-order valence-electron chi connectivity index (χ2n) is 8.89. The topological polar surface area (TPSA) is 58.6 Å². The van der Waals surface area contributed by atoms with E-state index >= 15 is 0 Å². The fourth-order valence-electron chi connectivity index (χ4n) is 4.95. The molecule has 0 aliphatic carbocycles. The summed E-state index contributed by atoms with van der Waals surface area (Å²) >= 11 is 0. The summed E-state index contributed by atoms with van der Waals surface area (Å²) in [6.45, 7) is 1.90. The molecule has 5 nitrogen and oxygen atoms in total. The number of hydrogen-bond acceptors (Lipinski definition) is 3. The number of anilines is 1. The molecule has 0 bridgehead atoms. The van der Waals surface area contributed by atoms with E-state index in [0.717, 1.165) is 29.7 Å². The molecule has 3 aromatic carbocycles. The molecular weight excluding hydrogens is 412 g/mol. The van der Waals surface area contributed by atoms with Gasteiger partial charge in [0.25, 0.3) is 5.91 Å². The van der Waals surface area contributed by atoms with Gasteiger partial charge in [-0.2, -0.15) is 0 Å². The zero-order chi connectivity index (χ0) is 22.6. The molecule has 0 unspecified atom stereocenters. The number of ether oxygens (including phenoxy) is 1. The van der Waals surface area contributed by atoms with Crippen molar-refractivity contribution in [1.82, 2.24) is 4.90 Å². The fourth-order valence-corrected chi connectivity index (χ4v) is 4.95. The maximum absolute atomic E-state index is 13.0. The highest BCUT2D eigenvalue weighted by atomic mass is 16.5. The Balaban J connectivity index is 1.32. The Labute approximate surface area is 194 Å². The molecule has 2 aliphatic rings. The summed E-state index contributed by atoms with van der Waals surface area (Å²) < 4.78 is 6.11. The van der Waals surface area contributed by atoms with E-state index in [-0.39, 0.29) is 23.7 Å². The van der Waals surface area contributed by atoms with Crippen molar-refractivity contribution in [2.45, 2.75) is 19.3 Å². The molecule has 5 rings (SSSR count). The van der Waals surface area contributed by atoms with Gasteiger partial charge < -0.3 is 15.0 Å². The first kappa shape index (κ1) is 21.3. The molecule has 3 aromatic rings. The Morgan fingerprint density at radius 1 is 0.879 bits per heavy atom. The van der Waals surface area contributed by atoms with Gasteiger partial charge in [0.1, 0.15) is 5.75 Å². The Hall–Kier alpha value is -3.60. The molecule has 168 valence electrons. The van der Waals surface area contributed by atoms with Gasteiger partial charge in [0.05, 0.1) is 12.3 Å². The number of carbonyl (C=O) groups is 2. The minimum absolute atomic E-state index is 0.00444. The second-order valence-corrected chi connectivity index (χ2v) is 8.89. The third kappa shape index (κ3) is 4.77. The van der Waals surface area contributed by atoms with E-state index in [1.807, 2.05) is 71.6 Å². The molecule has 1 fully saturated rings. The van der Waals surface area contributed by atoms with Crippen molar-refractivity contribution in [1.29, 1.82) is 0 Å². The molecule has 2 amide bonds. The van der Waals surface area contributed by atoms with Crippen LogP contribution in [0, 0.1) is 11.8 Å². The average molecular weight is 441 g/mol. The molecular formula is C28H28N2O3. The Morgan fingerprint density at radius 2 is 1.64 bits per heavy atom. The van der Waals surface area contributed by atoms with Crippen LogP contribution in [0.2, 0.25) is 0 Å². The highest BCUT2D eigenvalue weighted by molar-refractivity contribution is 5.95. The number of fused-ring (bicyclic) bond motifs is 2. The number of likely N-dealkylation sites (tertiary alicyclic amines) is 1. The number of benzene rings is 3. The van der Waals surface area contributed by atoms with Crippen molar-refractivity contribution in [3.63, 3.8) is 0 Å². The van der Waals surface area contributed by atoms with Crippen LogP contribution in [-0.2, 0) is 4.79 Å². The summed E-state index contributed by atoms with van der Waals surface area (Å²) in [7, 11) is 0. The standard InChI is InChI=1S/C28H28N2O3/c31-27-18-23-13-15-30(28(32)21-9-5-2-6-10-21)19-24(23)14-16-33-26-12-11-22(17-25(26)29-27)20-7-3-1-4-8-20/h1-12,17,23-24H,13-16,18-19H2,(H,29,31)/t23-,24-/m0/s1. The predicted molar refractivity (Wildman–Crippen MR) is 129 cm³/mol. The first-order valence-corrected chi connectivity index (χ1v) is 11.6. The molecule has 0 aromatic heterocycles. The minimum atomic E-state index is 0.00444. The van der Waals surface area contributed by atoms with E-state index in [1.54, 1.807) is 0 Å². The lowest BCUT2D eigenvalue weighted by Crippen LogP contribution is -2.45.